The fourth-order valence-corrected chi connectivity index (χ4v) is 16.2. The van der Waals surface area contributed by atoms with Gasteiger partial charge in [0.2, 0.25) is 0 Å². The Balaban J connectivity index is 1.07. The molecule has 5 aliphatic rings. The van der Waals surface area contributed by atoms with Gasteiger partial charge in [0.05, 0.1) is 0 Å². The van der Waals surface area contributed by atoms with Crippen LogP contribution in [0.4, 0.5) is 0 Å². The van der Waals surface area contributed by atoms with Crippen LogP contribution in [0.2, 0.25) is 0 Å². The van der Waals surface area contributed by atoms with Crippen LogP contribution >= 0.6 is 0 Å². The molecule has 0 heterocycles. The van der Waals surface area contributed by atoms with Gasteiger partial charge in [-0.3, -0.25) is 0 Å². The van der Waals surface area contributed by atoms with Crippen molar-refractivity contribution in [1.29, 1.82) is 0 Å². The molecule has 0 unspecified atom stereocenters. The SMILES string of the molecule is C1=CCCC(c2cc(-c3ccccc3)cc(C34CC5(c6cc(-c7ccccc7)cc(-c7ccccc7)c6)CC(c6cc(-c7ccccc7)cc(-c7ccccc7)c6)(C3)CC(c3cc(-c6ccccc6)cc(-c6ccccc6)c3)(C4)C5)c2)=C1. The molecule has 0 heteroatoms. The molecule has 0 radical (unpaired) electrons. The Morgan fingerprint density at radius 2 is 0.415 bits per heavy atom. The average Bonchev–Trinajstić information content (AvgIpc) is 2.20. The zero-order valence-corrected chi connectivity index (χ0v) is 46.5. The molecule has 0 atom stereocenters. The van der Waals surface area contributed by atoms with Crippen LogP contribution in [0.5, 0.6) is 0 Å². The van der Waals surface area contributed by atoms with E-state index in [-0.39, 0.29) is 21.7 Å². The Labute approximate surface area is 484 Å². The summed E-state index contributed by atoms with van der Waals surface area (Å²) in [5.74, 6) is 0. The van der Waals surface area contributed by atoms with Crippen molar-refractivity contribution in [1.82, 2.24) is 0 Å². The largest absolute Gasteiger partial charge is 0.0842 e. The summed E-state index contributed by atoms with van der Waals surface area (Å²) in [7, 11) is 0. The maximum absolute atomic E-state index is 2.68. The zero-order valence-electron chi connectivity index (χ0n) is 46.5. The Morgan fingerprint density at radius 3 is 0.622 bits per heavy atom. The maximum atomic E-state index is 2.68. The topological polar surface area (TPSA) is 0 Å². The minimum Gasteiger partial charge on any atom is -0.0842 e. The van der Waals surface area contributed by atoms with Crippen molar-refractivity contribution in [2.45, 2.75) is 73.0 Å². The van der Waals surface area contributed by atoms with Crippen molar-refractivity contribution in [3.8, 4) is 77.9 Å². The molecule has 0 aliphatic heterocycles. The summed E-state index contributed by atoms with van der Waals surface area (Å²) >= 11 is 0. The second-order valence-corrected chi connectivity index (χ2v) is 24.6. The molecule has 5 aliphatic carbocycles. The van der Waals surface area contributed by atoms with Gasteiger partial charge in [0.15, 0.2) is 0 Å². The smallest absolute Gasteiger partial charge is 0.00211 e. The van der Waals surface area contributed by atoms with E-state index >= 15 is 0 Å². The molecule has 0 spiro atoms. The summed E-state index contributed by atoms with van der Waals surface area (Å²) in [5, 5.41) is 0. The minimum atomic E-state index is -0.246. The summed E-state index contributed by atoms with van der Waals surface area (Å²) in [6.07, 6.45) is 15.4. The van der Waals surface area contributed by atoms with E-state index < -0.39 is 0 Å². The highest BCUT2D eigenvalue weighted by atomic mass is 14.7. The molecule has 0 aromatic heterocycles. The molecule has 0 amide bonds. The molecule has 16 rings (SSSR count). The van der Waals surface area contributed by atoms with Gasteiger partial charge in [-0.2, -0.15) is 0 Å². The lowest BCUT2D eigenvalue weighted by molar-refractivity contribution is -0.0691. The van der Waals surface area contributed by atoms with Crippen LogP contribution in [0.3, 0.4) is 0 Å². The van der Waals surface area contributed by atoms with Gasteiger partial charge in [0.1, 0.15) is 0 Å². The van der Waals surface area contributed by atoms with Crippen LogP contribution in [0.15, 0.2) is 303 Å². The molecule has 11 aromatic carbocycles. The normalized spacial score (nSPS) is 21.5. The van der Waals surface area contributed by atoms with Crippen molar-refractivity contribution in [3.05, 3.63) is 331 Å². The predicted molar refractivity (Wildman–Crippen MR) is 345 cm³/mol. The first-order chi connectivity index (χ1) is 40.4. The molecular weight excluding hydrogens is 985 g/mol. The lowest BCUT2D eigenvalue weighted by Gasteiger charge is -2.71. The van der Waals surface area contributed by atoms with Gasteiger partial charge in [-0.1, -0.05) is 279 Å². The fourth-order valence-electron chi connectivity index (χ4n) is 16.2. The summed E-state index contributed by atoms with van der Waals surface area (Å²) in [6.45, 7) is 0. The Bertz CT molecular complexity index is 3650. The van der Waals surface area contributed by atoms with E-state index in [1.807, 2.05) is 0 Å². The first-order valence-corrected chi connectivity index (χ1v) is 29.8. The molecule has 82 heavy (non-hydrogen) atoms. The highest BCUT2D eigenvalue weighted by Crippen LogP contribution is 2.75. The first kappa shape index (κ1) is 49.9. The van der Waals surface area contributed by atoms with Crippen LogP contribution in [-0.2, 0) is 21.7 Å². The molecule has 0 N–H and O–H groups in total. The van der Waals surface area contributed by atoms with Crippen molar-refractivity contribution in [2.24, 2.45) is 0 Å². The van der Waals surface area contributed by atoms with E-state index in [9.17, 15) is 0 Å². The van der Waals surface area contributed by atoms with Gasteiger partial charge in [-0.25, -0.2) is 0 Å². The van der Waals surface area contributed by atoms with E-state index in [2.05, 4.69) is 303 Å². The van der Waals surface area contributed by atoms with Gasteiger partial charge in [-0.05, 0) is 209 Å². The summed E-state index contributed by atoms with van der Waals surface area (Å²) < 4.78 is 0. The van der Waals surface area contributed by atoms with E-state index in [0.29, 0.717) is 0 Å². The van der Waals surface area contributed by atoms with Crippen LogP contribution in [0, 0.1) is 0 Å². The third-order valence-electron chi connectivity index (χ3n) is 19.4. The van der Waals surface area contributed by atoms with E-state index in [1.54, 1.807) is 0 Å². The summed E-state index contributed by atoms with van der Waals surface area (Å²) in [5.41, 5.74) is 25.5. The quantitative estimate of drug-likeness (QED) is 0.114. The third kappa shape index (κ3) is 9.12. The average molecular weight is 1050 g/mol. The molecular formula is C82H66. The number of hydrogen-bond donors (Lipinski definition) is 0. The van der Waals surface area contributed by atoms with Crippen molar-refractivity contribution in [3.63, 3.8) is 0 Å². The fraction of sp³-hybridized carbons (Fsp3) is 0.146. The predicted octanol–water partition coefficient (Wildman–Crippen LogP) is 21.5. The number of benzene rings is 11. The Morgan fingerprint density at radius 1 is 0.207 bits per heavy atom. The summed E-state index contributed by atoms with van der Waals surface area (Å²) in [6, 6.07) is 109. The van der Waals surface area contributed by atoms with Crippen molar-refractivity contribution in [2.75, 3.05) is 0 Å². The van der Waals surface area contributed by atoms with E-state index in [0.717, 1.165) is 51.4 Å². The molecule has 394 valence electrons. The molecule has 0 nitrogen and oxygen atoms in total. The highest BCUT2D eigenvalue weighted by molar-refractivity contribution is 5.80. The Hall–Kier alpha value is -9.10. The van der Waals surface area contributed by atoms with Crippen LogP contribution in [0.25, 0.3) is 83.5 Å². The number of allylic oxidation sites excluding steroid dienone is 4. The van der Waals surface area contributed by atoms with Gasteiger partial charge < -0.3 is 0 Å². The van der Waals surface area contributed by atoms with E-state index in [4.69, 9.17) is 0 Å². The molecule has 4 fully saturated rings. The maximum Gasteiger partial charge on any atom is -0.00211 e. The first-order valence-electron chi connectivity index (χ1n) is 29.8. The zero-order chi connectivity index (χ0) is 54.6. The molecule has 11 aromatic rings. The molecule has 4 bridgehead atoms. The van der Waals surface area contributed by atoms with Crippen LogP contribution in [0.1, 0.15) is 79.2 Å². The second kappa shape index (κ2) is 20.5. The van der Waals surface area contributed by atoms with Gasteiger partial charge >= 0.3 is 0 Å². The lowest BCUT2D eigenvalue weighted by Crippen LogP contribution is -2.67. The van der Waals surface area contributed by atoms with Crippen molar-refractivity contribution >= 4 is 5.57 Å². The van der Waals surface area contributed by atoms with Crippen molar-refractivity contribution < 1.29 is 0 Å². The van der Waals surface area contributed by atoms with Gasteiger partial charge in [0.25, 0.3) is 0 Å². The summed E-state index contributed by atoms with van der Waals surface area (Å²) in [4.78, 5) is 0. The second-order valence-electron chi connectivity index (χ2n) is 24.6. The number of rotatable bonds is 12. The highest BCUT2D eigenvalue weighted by Gasteiger charge is 2.69. The van der Waals surface area contributed by atoms with Gasteiger partial charge in [-0.15, -0.1) is 0 Å². The third-order valence-corrected chi connectivity index (χ3v) is 19.4. The van der Waals surface area contributed by atoms with Crippen LogP contribution in [-0.4, -0.2) is 0 Å². The Kier molecular flexibility index (Phi) is 12.5. The minimum absolute atomic E-state index is 0.236. The monoisotopic (exact) mass is 1050 g/mol. The molecule has 4 saturated carbocycles. The van der Waals surface area contributed by atoms with E-state index in [1.165, 1.54) is 111 Å². The van der Waals surface area contributed by atoms with Gasteiger partial charge in [0, 0.05) is 0 Å². The lowest BCUT2D eigenvalue weighted by atomic mass is 9.32. The standard InChI is InChI=1S/C82H66/c1-9-25-59(26-10-1)67-41-68(60-27-11-2-12-28-60)46-75(45-67)79-53-80(76-47-69(61-29-13-3-14-30-61)42-70(48-76)62-31-15-4-16-32-62)56-81(54-79,77-49-71(63-33-17-5-18-34-63)43-72(50-77)64-35-19-6-20-36-64)58-82(55-79,57-80)78-51-73(65-37-21-7-22-38-65)44-74(52-78)66-39-23-8-24-40-66/h1-23,25-39,41-52H,24,40,53-58H2. The number of hydrogen-bond acceptors (Lipinski definition) is 0. The van der Waals surface area contributed by atoms with Crippen LogP contribution < -0.4 is 0 Å². The molecule has 0 saturated heterocycles.